The van der Waals surface area contributed by atoms with E-state index in [1.54, 1.807) is 30.7 Å². The molecule has 1 aromatic heterocycles. The van der Waals surface area contributed by atoms with Gasteiger partial charge < -0.3 is 5.32 Å². The predicted octanol–water partition coefficient (Wildman–Crippen LogP) is 2.49. The second kappa shape index (κ2) is 6.83. The minimum atomic E-state index is -3.01. The molecule has 0 saturated carbocycles. The molecule has 1 amide bonds. The van der Waals surface area contributed by atoms with Crippen LogP contribution in [0.2, 0.25) is 0 Å². The Labute approximate surface area is 152 Å². The highest BCUT2D eigenvalue weighted by Gasteiger charge is 2.31. The predicted molar refractivity (Wildman–Crippen MR) is 97.5 cm³/mol. The van der Waals surface area contributed by atoms with Crippen LogP contribution >= 0.6 is 0 Å². The van der Waals surface area contributed by atoms with Crippen LogP contribution in [-0.2, 0) is 21.1 Å². The SMILES string of the molecule is Cc1ccc(NC(=O)Cc2c(C)nn(C3CCS(=O)(=O)C3)c2C)cc1F. The fraction of sp³-hybridized carbons (Fsp3) is 0.444. The van der Waals surface area contributed by atoms with E-state index in [1.165, 1.54) is 6.07 Å². The zero-order chi connectivity index (χ0) is 19.1. The van der Waals surface area contributed by atoms with Gasteiger partial charge in [0.25, 0.3) is 0 Å². The van der Waals surface area contributed by atoms with Crippen molar-refractivity contribution in [2.75, 3.05) is 16.8 Å². The molecule has 0 bridgehead atoms. The van der Waals surface area contributed by atoms with Crippen LogP contribution in [0.5, 0.6) is 0 Å². The number of hydrogen-bond donors (Lipinski definition) is 1. The summed E-state index contributed by atoms with van der Waals surface area (Å²) in [5.74, 6) is -0.378. The molecule has 0 spiro atoms. The molecule has 3 rings (SSSR count). The van der Waals surface area contributed by atoms with Gasteiger partial charge in [-0.2, -0.15) is 5.10 Å². The monoisotopic (exact) mass is 379 g/mol. The van der Waals surface area contributed by atoms with Gasteiger partial charge in [0.15, 0.2) is 9.84 Å². The van der Waals surface area contributed by atoms with E-state index >= 15 is 0 Å². The lowest BCUT2D eigenvalue weighted by Crippen LogP contribution is -2.16. The lowest BCUT2D eigenvalue weighted by Gasteiger charge is -2.11. The van der Waals surface area contributed by atoms with E-state index in [-0.39, 0.29) is 35.7 Å². The summed E-state index contributed by atoms with van der Waals surface area (Å²) < 4.78 is 38.8. The first-order valence-corrected chi connectivity index (χ1v) is 10.3. The topological polar surface area (TPSA) is 81.1 Å². The summed E-state index contributed by atoms with van der Waals surface area (Å²) in [5.41, 5.74) is 3.21. The van der Waals surface area contributed by atoms with Crippen LogP contribution in [0, 0.1) is 26.6 Å². The Hall–Kier alpha value is -2.22. The van der Waals surface area contributed by atoms with Crippen LogP contribution in [0.25, 0.3) is 0 Å². The molecule has 2 heterocycles. The van der Waals surface area contributed by atoms with Gasteiger partial charge in [-0.3, -0.25) is 9.48 Å². The molecule has 1 N–H and O–H groups in total. The maximum absolute atomic E-state index is 13.6. The molecule has 1 atom stereocenters. The molecule has 26 heavy (non-hydrogen) atoms. The fourth-order valence-corrected chi connectivity index (χ4v) is 5.00. The van der Waals surface area contributed by atoms with E-state index < -0.39 is 9.84 Å². The first kappa shape index (κ1) is 18.6. The molecule has 1 aromatic carbocycles. The number of benzene rings is 1. The van der Waals surface area contributed by atoms with Gasteiger partial charge >= 0.3 is 0 Å². The summed E-state index contributed by atoms with van der Waals surface area (Å²) in [7, 11) is -3.01. The Balaban J connectivity index is 1.75. The molecular formula is C18H22FN3O3S. The van der Waals surface area contributed by atoms with Gasteiger partial charge in [-0.05, 0) is 44.9 Å². The van der Waals surface area contributed by atoms with Crippen molar-refractivity contribution >= 4 is 21.4 Å². The van der Waals surface area contributed by atoms with Crippen molar-refractivity contribution in [3.05, 3.63) is 46.5 Å². The highest BCUT2D eigenvalue weighted by Crippen LogP contribution is 2.27. The standard InChI is InChI=1S/C18H22FN3O3S/c1-11-4-5-14(8-17(11)19)20-18(23)9-16-12(2)21-22(13(16)3)15-6-7-26(24,25)10-15/h4-5,8,15H,6-7,9-10H2,1-3H3,(H,20,23). The Morgan fingerprint density at radius 3 is 2.69 bits per heavy atom. The average molecular weight is 379 g/mol. The summed E-state index contributed by atoms with van der Waals surface area (Å²) in [6.45, 7) is 5.31. The van der Waals surface area contributed by atoms with E-state index in [9.17, 15) is 17.6 Å². The number of carbonyl (C=O) groups is 1. The minimum Gasteiger partial charge on any atom is -0.326 e. The van der Waals surface area contributed by atoms with Crippen LogP contribution in [0.1, 0.15) is 35.0 Å². The summed E-state index contributed by atoms with van der Waals surface area (Å²) in [4.78, 5) is 12.3. The van der Waals surface area contributed by atoms with Crippen LogP contribution in [0.15, 0.2) is 18.2 Å². The Morgan fingerprint density at radius 1 is 1.35 bits per heavy atom. The van der Waals surface area contributed by atoms with Crippen LogP contribution in [0.4, 0.5) is 10.1 Å². The Bertz CT molecular complexity index is 966. The summed E-state index contributed by atoms with van der Waals surface area (Å²) >= 11 is 0. The van der Waals surface area contributed by atoms with Crippen molar-refractivity contribution in [2.24, 2.45) is 0 Å². The first-order valence-electron chi connectivity index (χ1n) is 8.47. The van der Waals surface area contributed by atoms with Gasteiger partial charge in [-0.1, -0.05) is 6.07 Å². The van der Waals surface area contributed by atoms with Gasteiger partial charge in [0.1, 0.15) is 5.82 Å². The molecule has 1 fully saturated rings. The largest absolute Gasteiger partial charge is 0.326 e. The van der Waals surface area contributed by atoms with E-state index in [0.717, 1.165) is 11.3 Å². The maximum atomic E-state index is 13.6. The smallest absolute Gasteiger partial charge is 0.228 e. The number of nitrogens with zero attached hydrogens (tertiary/aromatic N) is 2. The van der Waals surface area contributed by atoms with Gasteiger partial charge in [0, 0.05) is 16.9 Å². The summed E-state index contributed by atoms with van der Waals surface area (Å²) in [6, 6.07) is 4.38. The fourth-order valence-electron chi connectivity index (χ4n) is 3.31. The number of carbonyl (C=O) groups excluding carboxylic acids is 1. The lowest BCUT2D eigenvalue weighted by molar-refractivity contribution is -0.115. The first-order chi connectivity index (χ1) is 12.2. The molecule has 140 valence electrons. The number of halogens is 1. The second-order valence-corrected chi connectivity index (χ2v) is 9.07. The molecular weight excluding hydrogens is 357 g/mol. The van der Waals surface area contributed by atoms with Gasteiger partial charge in [-0.25, -0.2) is 12.8 Å². The third-order valence-electron chi connectivity index (χ3n) is 4.82. The van der Waals surface area contributed by atoms with Crippen molar-refractivity contribution in [2.45, 2.75) is 39.7 Å². The normalized spacial score (nSPS) is 18.8. The number of aryl methyl sites for hydroxylation is 2. The van der Waals surface area contributed by atoms with Gasteiger partial charge in [-0.15, -0.1) is 0 Å². The summed E-state index contributed by atoms with van der Waals surface area (Å²) in [5, 5.41) is 7.15. The average Bonchev–Trinajstić information content (AvgIpc) is 3.04. The molecule has 1 aliphatic heterocycles. The Morgan fingerprint density at radius 2 is 2.08 bits per heavy atom. The van der Waals surface area contributed by atoms with Gasteiger partial charge in [0.05, 0.1) is 29.7 Å². The van der Waals surface area contributed by atoms with Crippen molar-refractivity contribution in [1.29, 1.82) is 0 Å². The summed E-state index contributed by atoms with van der Waals surface area (Å²) in [6.07, 6.45) is 0.644. The van der Waals surface area contributed by atoms with Crippen molar-refractivity contribution in [3.8, 4) is 0 Å². The quantitative estimate of drug-likeness (QED) is 0.885. The van der Waals surface area contributed by atoms with Crippen LogP contribution in [0.3, 0.4) is 0 Å². The van der Waals surface area contributed by atoms with Crippen molar-refractivity contribution in [3.63, 3.8) is 0 Å². The van der Waals surface area contributed by atoms with E-state index in [1.807, 2.05) is 6.92 Å². The van der Waals surface area contributed by atoms with Crippen molar-refractivity contribution in [1.82, 2.24) is 9.78 Å². The molecule has 0 radical (unpaired) electrons. The zero-order valence-electron chi connectivity index (χ0n) is 15.0. The Kier molecular flexibility index (Phi) is 4.88. The van der Waals surface area contributed by atoms with Crippen LogP contribution in [-0.4, -0.2) is 35.6 Å². The zero-order valence-corrected chi connectivity index (χ0v) is 15.9. The third-order valence-corrected chi connectivity index (χ3v) is 6.57. The van der Waals surface area contributed by atoms with E-state index in [4.69, 9.17) is 0 Å². The number of nitrogens with one attached hydrogen (secondary N) is 1. The molecule has 0 aliphatic carbocycles. The van der Waals surface area contributed by atoms with E-state index in [0.29, 0.717) is 23.4 Å². The molecule has 1 saturated heterocycles. The molecule has 1 aliphatic rings. The highest BCUT2D eigenvalue weighted by molar-refractivity contribution is 7.91. The number of anilines is 1. The minimum absolute atomic E-state index is 0.0865. The van der Waals surface area contributed by atoms with Crippen LogP contribution < -0.4 is 5.32 Å². The number of sulfone groups is 1. The second-order valence-electron chi connectivity index (χ2n) is 6.84. The van der Waals surface area contributed by atoms with E-state index in [2.05, 4.69) is 10.4 Å². The lowest BCUT2D eigenvalue weighted by atomic mass is 10.1. The molecule has 1 unspecified atom stereocenters. The number of rotatable bonds is 4. The number of amides is 1. The highest BCUT2D eigenvalue weighted by atomic mass is 32.2. The van der Waals surface area contributed by atoms with Gasteiger partial charge in [0.2, 0.25) is 5.91 Å². The molecule has 2 aromatic rings. The maximum Gasteiger partial charge on any atom is 0.228 e. The van der Waals surface area contributed by atoms with Crippen molar-refractivity contribution < 1.29 is 17.6 Å². The number of aromatic nitrogens is 2. The molecule has 6 nitrogen and oxygen atoms in total. The molecule has 8 heteroatoms. The number of hydrogen-bond acceptors (Lipinski definition) is 4. The third kappa shape index (κ3) is 3.80.